The Morgan fingerprint density at radius 3 is 2.39 bits per heavy atom. The van der Waals surface area contributed by atoms with Crippen LogP contribution in [0.25, 0.3) is 0 Å². The van der Waals surface area contributed by atoms with Crippen LogP contribution in [-0.2, 0) is 28.6 Å². The van der Waals surface area contributed by atoms with E-state index in [2.05, 4.69) is 0 Å². The van der Waals surface area contributed by atoms with Crippen molar-refractivity contribution in [3.8, 4) is 0 Å². The van der Waals surface area contributed by atoms with Crippen molar-refractivity contribution in [2.24, 2.45) is 0 Å². The van der Waals surface area contributed by atoms with Crippen molar-refractivity contribution >= 4 is 23.5 Å². The third kappa shape index (κ3) is 3.55. The lowest BCUT2D eigenvalue weighted by Gasteiger charge is -2.22. The van der Waals surface area contributed by atoms with Crippen molar-refractivity contribution in [2.45, 2.75) is 13.8 Å². The van der Waals surface area contributed by atoms with Crippen LogP contribution in [0.1, 0.15) is 13.8 Å². The molecule has 2 aliphatic rings. The third-order valence-electron chi connectivity index (χ3n) is 4.23. The number of likely N-dealkylation sites (N-methyl/N-ethyl adjacent to an activating group) is 1. The van der Waals surface area contributed by atoms with Gasteiger partial charge in [-0.15, -0.1) is 0 Å². The van der Waals surface area contributed by atoms with Gasteiger partial charge in [0.05, 0.1) is 5.69 Å². The molecular formula is C19H19FN2O6. The van der Waals surface area contributed by atoms with Gasteiger partial charge in [0, 0.05) is 13.1 Å². The molecule has 0 aliphatic carbocycles. The third-order valence-corrected chi connectivity index (χ3v) is 4.23. The van der Waals surface area contributed by atoms with E-state index in [0.717, 1.165) is 23.3 Å². The maximum atomic E-state index is 13.2. The van der Waals surface area contributed by atoms with Crippen LogP contribution in [0.15, 0.2) is 47.7 Å². The van der Waals surface area contributed by atoms with Gasteiger partial charge in [0.2, 0.25) is 11.5 Å². The zero-order valence-electron chi connectivity index (χ0n) is 15.4. The lowest BCUT2D eigenvalue weighted by molar-refractivity contribution is -0.143. The Morgan fingerprint density at radius 1 is 1.14 bits per heavy atom. The lowest BCUT2D eigenvalue weighted by Crippen LogP contribution is -2.35. The fourth-order valence-corrected chi connectivity index (χ4v) is 2.85. The Labute approximate surface area is 160 Å². The van der Waals surface area contributed by atoms with Gasteiger partial charge in [-0.05, 0) is 38.1 Å². The topological polar surface area (TPSA) is 85.4 Å². The highest BCUT2D eigenvalue weighted by atomic mass is 19.1. The van der Waals surface area contributed by atoms with Gasteiger partial charge in [0.15, 0.2) is 5.70 Å². The highest BCUT2D eigenvalue weighted by Crippen LogP contribution is 2.30. The minimum absolute atomic E-state index is 0.0370. The Bertz CT molecular complexity index is 858. The number of carbonyl (C=O) groups excluding carboxylic acids is 3. The summed E-state index contributed by atoms with van der Waals surface area (Å²) in [6, 6.07) is 4.87. The van der Waals surface area contributed by atoms with Gasteiger partial charge >= 0.3 is 11.9 Å². The zero-order chi connectivity index (χ0) is 20.3. The number of hydrogen-bond acceptors (Lipinski definition) is 7. The van der Waals surface area contributed by atoms with Crippen molar-refractivity contribution in [1.29, 1.82) is 0 Å². The average molecular weight is 390 g/mol. The van der Waals surface area contributed by atoms with Crippen molar-refractivity contribution in [1.82, 2.24) is 4.90 Å². The number of amides is 2. The summed E-state index contributed by atoms with van der Waals surface area (Å²) in [5, 5.41) is 0. The number of rotatable bonds is 6. The minimum atomic E-state index is -0.943. The first-order valence-corrected chi connectivity index (χ1v) is 8.78. The van der Waals surface area contributed by atoms with E-state index in [1.54, 1.807) is 18.7 Å². The van der Waals surface area contributed by atoms with E-state index in [1.165, 1.54) is 12.1 Å². The molecule has 1 aromatic carbocycles. The Balaban J connectivity index is 1.97. The second kappa shape index (κ2) is 8.12. The number of esters is 1. The highest BCUT2D eigenvalue weighted by molar-refractivity contribution is 6.32. The molecule has 0 unspecified atom stereocenters. The van der Waals surface area contributed by atoms with E-state index >= 15 is 0 Å². The van der Waals surface area contributed by atoms with Gasteiger partial charge in [-0.1, -0.05) is 0 Å². The standard InChI is InChI=1S/C19H19FN2O6/c1-3-21(4-2)15-16(28-19(25)14-11-26-9-10-27-14)18(24)22(17(15)23)13-7-5-12(20)6-8-13/h5-8,11H,3-4,9-10H2,1-2H3. The number of carbonyl (C=O) groups is 3. The second-order valence-electron chi connectivity index (χ2n) is 5.86. The van der Waals surface area contributed by atoms with Gasteiger partial charge in [0.1, 0.15) is 25.3 Å². The number of anilines is 1. The van der Waals surface area contributed by atoms with Crippen LogP contribution in [-0.4, -0.2) is 49.0 Å². The van der Waals surface area contributed by atoms with E-state index in [4.69, 9.17) is 14.2 Å². The summed E-state index contributed by atoms with van der Waals surface area (Å²) in [7, 11) is 0. The van der Waals surface area contributed by atoms with E-state index in [1.807, 2.05) is 0 Å². The molecule has 0 saturated carbocycles. The molecule has 0 spiro atoms. The zero-order valence-corrected chi connectivity index (χ0v) is 15.4. The van der Waals surface area contributed by atoms with Crippen LogP contribution in [0.3, 0.4) is 0 Å². The van der Waals surface area contributed by atoms with Crippen LogP contribution in [0.2, 0.25) is 0 Å². The van der Waals surface area contributed by atoms with Crippen molar-refractivity contribution < 1.29 is 33.0 Å². The monoisotopic (exact) mass is 390 g/mol. The molecule has 0 aromatic heterocycles. The van der Waals surface area contributed by atoms with Gasteiger partial charge in [-0.3, -0.25) is 9.59 Å². The molecule has 3 rings (SSSR count). The molecule has 0 bridgehead atoms. The molecule has 1 aromatic rings. The maximum Gasteiger partial charge on any atom is 0.382 e. The van der Waals surface area contributed by atoms with Crippen molar-refractivity contribution in [3.05, 3.63) is 53.6 Å². The summed E-state index contributed by atoms with van der Waals surface area (Å²) >= 11 is 0. The van der Waals surface area contributed by atoms with Crippen LogP contribution < -0.4 is 4.90 Å². The number of imide groups is 1. The lowest BCUT2D eigenvalue weighted by atomic mass is 10.3. The van der Waals surface area contributed by atoms with Gasteiger partial charge in [-0.25, -0.2) is 14.1 Å². The van der Waals surface area contributed by atoms with Crippen LogP contribution >= 0.6 is 0 Å². The molecule has 148 valence electrons. The average Bonchev–Trinajstić information content (AvgIpc) is 2.95. The summed E-state index contributed by atoms with van der Waals surface area (Å²) in [5.41, 5.74) is 0.133. The molecular weight excluding hydrogens is 371 g/mol. The number of hydrogen-bond donors (Lipinski definition) is 0. The van der Waals surface area contributed by atoms with Crippen molar-refractivity contribution in [3.63, 3.8) is 0 Å². The summed E-state index contributed by atoms with van der Waals surface area (Å²) in [4.78, 5) is 40.7. The number of halogens is 1. The predicted octanol–water partition coefficient (Wildman–Crippen LogP) is 1.68. The van der Waals surface area contributed by atoms with E-state index in [-0.39, 0.29) is 23.8 Å². The first-order chi connectivity index (χ1) is 13.5. The molecule has 2 amide bonds. The highest BCUT2D eigenvalue weighted by Gasteiger charge is 2.44. The molecule has 8 nitrogen and oxygen atoms in total. The van der Waals surface area contributed by atoms with Gasteiger partial charge in [0.25, 0.3) is 5.91 Å². The summed E-state index contributed by atoms with van der Waals surface area (Å²) in [5.74, 6) is -3.52. The Morgan fingerprint density at radius 2 is 1.82 bits per heavy atom. The quantitative estimate of drug-likeness (QED) is 0.540. The number of benzene rings is 1. The van der Waals surface area contributed by atoms with E-state index in [9.17, 15) is 18.8 Å². The minimum Gasteiger partial charge on any atom is -0.493 e. The smallest absolute Gasteiger partial charge is 0.382 e. The first kappa shape index (κ1) is 19.4. The molecule has 0 atom stereocenters. The number of ether oxygens (including phenoxy) is 3. The first-order valence-electron chi connectivity index (χ1n) is 8.78. The normalized spacial score (nSPS) is 16.5. The SMILES string of the molecule is CCN(CC)C1=C(OC(=O)C2=COCCO2)C(=O)N(c2ccc(F)cc2)C1=O. The second-order valence-corrected chi connectivity index (χ2v) is 5.86. The summed E-state index contributed by atoms with van der Waals surface area (Å²) < 4.78 is 28.7. The fourth-order valence-electron chi connectivity index (χ4n) is 2.85. The molecule has 28 heavy (non-hydrogen) atoms. The van der Waals surface area contributed by atoms with Crippen LogP contribution in [0.5, 0.6) is 0 Å². The molecule has 2 aliphatic heterocycles. The molecule has 0 N–H and O–H groups in total. The molecule has 0 radical (unpaired) electrons. The van der Waals surface area contributed by atoms with E-state index in [0.29, 0.717) is 19.7 Å². The van der Waals surface area contributed by atoms with Crippen LogP contribution in [0.4, 0.5) is 10.1 Å². The van der Waals surface area contributed by atoms with E-state index < -0.39 is 29.4 Å². The Hall–Kier alpha value is -3.36. The van der Waals surface area contributed by atoms with Crippen molar-refractivity contribution in [2.75, 3.05) is 31.2 Å². The van der Waals surface area contributed by atoms with Gasteiger partial charge in [-0.2, -0.15) is 0 Å². The predicted molar refractivity (Wildman–Crippen MR) is 94.9 cm³/mol. The van der Waals surface area contributed by atoms with Crippen LogP contribution in [0, 0.1) is 5.82 Å². The van der Waals surface area contributed by atoms with Gasteiger partial charge < -0.3 is 19.1 Å². The Kier molecular flexibility index (Phi) is 5.62. The maximum absolute atomic E-state index is 13.2. The molecule has 0 saturated heterocycles. The summed E-state index contributed by atoms with van der Waals surface area (Å²) in [6.45, 7) is 4.87. The number of nitrogens with zero attached hydrogens (tertiary/aromatic N) is 2. The summed E-state index contributed by atoms with van der Waals surface area (Å²) in [6.07, 6.45) is 1.10. The largest absolute Gasteiger partial charge is 0.493 e. The molecule has 0 fully saturated rings. The molecule has 2 heterocycles. The molecule has 9 heteroatoms. The fraction of sp³-hybridized carbons (Fsp3) is 0.316.